The molecule has 1 heterocycles. The zero-order valence-electron chi connectivity index (χ0n) is 14.6. The van der Waals surface area contributed by atoms with E-state index in [1.54, 1.807) is 60.9 Å². The van der Waals surface area contributed by atoms with Gasteiger partial charge in [0.15, 0.2) is 0 Å². The number of halogens is 1. The van der Waals surface area contributed by atoms with Gasteiger partial charge in [0.05, 0.1) is 5.02 Å². The van der Waals surface area contributed by atoms with E-state index in [4.69, 9.17) is 11.6 Å². The average molecular weight is 417 g/mol. The molecule has 0 aliphatic rings. The number of amides is 2. The van der Waals surface area contributed by atoms with Crippen molar-refractivity contribution in [3.63, 3.8) is 0 Å². The summed E-state index contributed by atoms with van der Waals surface area (Å²) in [5.41, 5.74) is 1.80. The highest BCUT2D eigenvalue weighted by Crippen LogP contribution is 2.24. The summed E-state index contributed by atoms with van der Waals surface area (Å²) in [7, 11) is -3.81. The summed E-state index contributed by atoms with van der Waals surface area (Å²) in [4.78, 5) is 15.9. The van der Waals surface area contributed by atoms with Gasteiger partial charge < -0.3 is 10.6 Å². The lowest BCUT2D eigenvalue weighted by atomic mass is 10.3. The van der Waals surface area contributed by atoms with E-state index in [-0.39, 0.29) is 15.9 Å². The van der Waals surface area contributed by atoms with E-state index < -0.39 is 10.0 Å². The van der Waals surface area contributed by atoms with Gasteiger partial charge in [-0.25, -0.2) is 13.2 Å². The van der Waals surface area contributed by atoms with Crippen LogP contribution in [0.3, 0.4) is 0 Å². The van der Waals surface area contributed by atoms with Crippen LogP contribution in [-0.2, 0) is 16.6 Å². The molecule has 3 N–H and O–H groups in total. The van der Waals surface area contributed by atoms with Crippen LogP contribution in [0.1, 0.15) is 5.56 Å². The standard InChI is InChI=1S/C19H17ClN4O3S/c20-17-3-1-2-4-18(17)28(26,27)24-16-7-5-15(6-8-16)23-19(25)22-13-14-9-11-21-12-10-14/h1-12,24H,13H2,(H2,22,23,25). The molecule has 1 aromatic heterocycles. The maximum Gasteiger partial charge on any atom is 0.319 e. The van der Waals surface area contributed by atoms with Gasteiger partial charge in [0, 0.05) is 30.3 Å². The molecule has 2 aromatic carbocycles. The van der Waals surface area contributed by atoms with Gasteiger partial charge in [-0.3, -0.25) is 9.71 Å². The molecule has 28 heavy (non-hydrogen) atoms. The predicted octanol–water partition coefficient (Wildman–Crippen LogP) is 3.86. The minimum atomic E-state index is -3.81. The number of nitrogens with zero attached hydrogens (tertiary/aromatic N) is 1. The van der Waals surface area contributed by atoms with Gasteiger partial charge in [-0.05, 0) is 54.1 Å². The number of aromatic nitrogens is 1. The molecule has 0 aliphatic carbocycles. The number of nitrogens with one attached hydrogen (secondary N) is 3. The molecule has 0 fully saturated rings. The lowest BCUT2D eigenvalue weighted by molar-refractivity contribution is 0.251. The van der Waals surface area contributed by atoms with Crippen molar-refractivity contribution in [3.8, 4) is 0 Å². The average Bonchev–Trinajstić information content (AvgIpc) is 2.69. The van der Waals surface area contributed by atoms with Crippen molar-refractivity contribution in [2.45, 2.75) is 11.4 Å². The quantitative estimate of drug-likeness (QED) is 0.568. The second-order valence-corrected chi connectivity index (χ2v) is 7.83. The highest BCUT2D eigenvalue weighted by atomic mass is 35.5. The van der Waals surface area contributed by atoms with E-state index in [2.05, 4.69) is 20.3 Å². The van der Waals surface area contributed by atoms with Gasteiger partial charge in [0.1, 0.15) is 4.90 Å². The molecule has 3 aromatic rings. The number of benzene rings is 2. The van der Waals surface area contributed by atoms with Gasteiger partial charge >= 0.3 is 6.03 Å². The molecule has 0 aliphatic heterocycles. The van der Waals surface area contributed by atoms with Crippen molar-refractivity contribution < 1.29 is 13.2 Å². The van der Waals surface area contributed by atoms with Crippen molar-refractivity contribution in [1.29, 1.82) is 0 Å². The lowest BCUT2D eigenvalue weighted by Gasteiger charge is -2.11. The molecule has 0 radical (unpaired) electrons. The topological polar surface area (TPSA) is 100 Å². The number of hydrogen-bond donors (Lipinski definition) is 3. The fraction of sp³-hybridized carbons (Fsp3) is 0.0526. The Morgan fingerprint density at radius 3 is 2.25 bits per heavy atom. The van der Waals surface area contributed by atoms with Crippen LogP contribution in [0.4, 0.5) is 16.2 Å². The van der Waals surface area contributed by atoms with Crippen LogP contribution in [0.5, 0.6) is 0 Å². The van der Waals surface area contributed by atoms with E-state index in [0.29, 0.717) is 17.9 Å². The monoisotopic (exact) mass is 416 g/mol. The van der Waals surface area contributed by atoms with Crippen LogP contribution in [0, 0.1) is 0 Å². The molecule has 0 bridgehead atoms. The first-order valence-electron chi connectivity index (χ1n) is 8.25. The summed E-state index contributed by atoms with van der Waals surface area (Å²) >= 11 is 5.95. The zero-order chi connectivity index (χ0) is 20.0. The first-order valence-corrected chi connectivity index (χ1v) is 10.1. The molecule has 9 heteroatoms. The summed E-state index contributed by atoms with van der Waals surface area (Å²) in [6.07, 6.45) is 3.30. The van der Waals surface area contributed by atoms with Gasteiger partial charge in [-0.2, -0.15) is 0 Å². The van der Waals surface area contributed by atoms with Gasteiger partial charge in [-0.1, -0.05) is 23.7 Å². The third-order valence-electron chi connectivity index (χ3n) is 3.72. The van der Waals surface area contributed by atoms with Crippen molar-refractivity contribution >= 4 is 39.0 Å². The number of urea groups is 1. The summed E-state index contributed by atoms with van der Waals surface area (Å²) in [6, 6.07) is 15.7. The van der Waals surface area contributed by atoms with E-state index in [0.717, 1.165) is 5.56 Å². The lowest BCUT2D eigenvalue weighted by Crippen LogP contribution is -2.28. The summed E-state index contributed by atoms with van der Waals surface area (Å²) in [5, 5.41) is 5.54. The Morgan fingerprint density at radius 2 is 1.57 bits per heavy atom. The molecule has 0 saturated carbocycles. The van der Waals surface area contributed by atoms with E-state index in [1.807, 2.05) is 0 Å². The zero-order valence-corrected chi connectivity index (χ0v) is 16.2. The molecular formula is C19H17ClN4O3S. The SMILES string of the molecule is O=C(NCc1ccncc1)Nc1ccc(NS(=O)(=O)c2ccccc2Cl)cc1. The smallest absolute Gasteiger partial charge is 0.319 e. The first kappa shape index (κ1) is 19.7. The molecule has 2 amide bonds. The Balaban J connectivity index is 1.59. The number of sulfonamides is 1. The van der Waals surface area contributed by atoms with Crippen LogP contribution in [0.15, 0.2) is 78.0 Å². The third-order valence-corrected chi connectivity index (χ3v) is 5.60. The first-order chi connectivity index (χ1) is 13.4. The van der Waals surface area contributed by atoms with E-state index in [9.17, 15) is 13.2 Å². The molecule has 7 nitrogen and oxygen atoms in total. The minimum absolute atomic E-state index is 0.00522. The maximum atomic E-state index is 12.4. The number of rotatable bonds is 6. The second kappa shape index (κ2) is 8.73. The maximum absolute atomic E-state index is 12.4. The minimum Gasteiger partial charge on any atom is -0.334 e. The largest absolute Gasteiger partial charge is 0.334 e. The van der Waals surface area contributed by atoms with Crippen LogP contribution in [0.25, 0.3) is 0 Å². The van der Waals surface area contributed by atoms with Crippen LogP contribution in [0.2, 0.25) is 5.02 Å². The highest BCUT2D eigenvalue weighted by molar-refractivity contribution is 7.92. The third kappa shape index (κ3) is 5.21. The Bertz CT molecular complexity index is 1060. The molecule has 0 unspecified atom stereocenters. The van der Waals surface area contributed by atoms with Crippen molar-refractivity contribution in [1.82, 2.24) is 10.3 Å². The van der Waals surface area contributed by atoms with E-state index in [1.165, 1.54) is 12.1 Å². The second-order valence-electron chi connectivity index (χ2n) is 5.78. The summed E-state index contributed by atoms with van der Waals surface area (Å²) in [5.74, 6) is 0. The fourth-order valence-corrected chi connectivity index (χ4v) is 3.93. The van der Waals surface area contributed by atoms with Crippen LogP contribution < -0.4 is 15.4 Å². The van der Waals surface area contributed by atoms with Crippen LogP contribution in [-0.4, -0.2) is 19.4 Å². The molecule has 144 valence electrons. The molecule has 0 saturated heterocycles. The molecule has 0 atom stereocenters. The van der Waals surface area contributed by atoms with Gasteiger partial charge in [-0.15, -0.1) is 0 Å². The van der Waals surface area contributed by atoms with E-state index >= 15 is 0 Å². The summed E-state index contributed by atoms with van der Waals surface area (Å²) < 4.78 is 27.3. The summed E-state index contributed by atoms with van der Waals surface area (Å²) in [6.45, 7) is 0.365. The Kier molecular flexibility index (Phi) is 6.13. The van der Waals surface area contributed by atoms with Crippen molar-refractivity contribution in [2.75, 3.05) is 10.0 Å². The van der Waals surface area contributed by atoms with Crippen molar-refractivity contribution in [3.05, 3.63) is 83.6 Å². The predicted molar refractivity (Wildman–Crippen MR) is 109 cm³/mol. The molecule has 0 spiro atoms. The Hall–Kier alpha value is -3.10. The Labute approximate surface area is 167 Å². The Morgan fingerprint density at radius 1 is 0.929 bits per heavy atom. The fourth-order valence-electron chi connectivity index (χ4n) is 2.35. The number of carbonyl (C=O) groups is 1. The molecule has 3 rings (SSSR count). The van der Waals surface area contributed by atoms with Crippen molar-refractivity contribution in [2.24, 2.45) is 0 Å². The number of anilines is 2. The van der Waals surface area contributed by atoms with Gasteiger partial charge in [0.25, 0.3) is 10.0 Å². The normalized spacial score (nSPS) is 10.9. The highest BCUT2D eigenvalue weighted by Gasteiger charge is 2.17. The number of hydrogen-bond acceptors (Lipinski definition) is 4. The number of pyridine rings is 1. The van der Waals surface area contributed by atoms with Crippen LogP contribution >= 0.6 is 11.6 Å². The van der Waals surface area contributed by atoms with Gasteiger partial charge in [0.2, 0.25) is 0 Å². The number of carbonyl (C=O) groups excluding carboxylic acids is 1. The molecular weight excluding hydrogens is 400 g/mol.